The van der Waals surface area contributed by atoms with Gasteiger partial charge in [-0.15, -0.1) is 0 Å². The summed E-state index contributed by atoms with van der Waals surface area (Å²) in [7, 11) is -3.21. The smallest absolute Gasteiger partial charge is 0.354 e. The highest BCUT2D eigenvalue weighted by Gasteiger charge is 2.20. The van der Waals surface area contributed by atoms with Crippen molar-refractivity contribution in [1.29, 1.82) is 0 Å². The third-order valence-electron chi connectivity index (χ3n) is 7.32. The molecule has 0 spiro atoms. The molecular formula is C34H49FN8O3S. The van der Waals surface area contributed by atoms with Crippen molar-refractivity contribution in [1.82, 2.24) is 19.9 Å². The maximum absolute atomic E-state index is 13.7. The molecule has 0 saturated carbocycles. The van der Waals surface area contributed by atoms with E-state index in [2.05, 4.69) is 47.1 Å². The zero-order chi connectivity index (χ0) is 35.0. The number of nitrogens with zero attached hydrogens (tertiary/aromatic N) is 3. The van der Waals surface area contributed by atoms with Gasteiger partial charge in [0.2, 0.25) is 0 Å². The second-order valence-corrected chi connectivity index (χ2v) is 15.8. The first kappa shape index (κ1) is 37.4. The minimum atomic E-state index is -3.21. The van der Waals surface area contributed by atoms with Crippen molar-refractivity contribution in [3.63, 3.8) is 0 Å². The second-order valence-electron chi connectivity index (χ2n) is 13.6. The Hall–Kier alpha value is -4.07. The van der Waals surface area contributed by atoms with Crippen LogP contribution < -0.4 is 28.2 Å². The summed E-state index contributed by atoms with van der Waals surface area (Å²) < 4.78 is 38.6. The Morgan fingerprint density at radius 2 is 1.66 bits per heavy atom. The first-order valence-electron chi connectivity index (χ1n) is 15.6. The van der Waals surface area contributed by atoms with Crippen LogP contribution in [-0.4, -0.2) is 54.3 Å². The van der Waals surface area contributed by atoms with Crippen molar-refractivity contribution in [2.45, 2.75) is 71.1 Å². The van der Waals surface area contributed by atoms with E-state index in [1.807, 2.05) is 51.2 Å². The van der Waals surface area contributed by atoms with Crippen LogP contribution in [-0.2, 0) is 33.0 Å². The fraction of sp³-hybridized carbons (Fsp3) is 0.441. The minimum Gasteiger partial charge on any atom is -0.370 e. The van der Waals surface area contributed by atoms with Gasteiger partial charge in [0.05, 0.1) is 17.2 Å². The van der Waals surface area contributed by atoms with Crippen molar-refractivity contribution >= 4 is 26.8 Å². The number of nitrogens with two attached hydrogens (primary N) is 3. The van der Waals surface area contributed by atoms with Crippen LogP contribution in [0, 0.1) is 5.82 Å². The molecule has 47 heavy (non-hydrogen) atoms. The average molecular weight is 669 g/mol. The van der Waals surface area contributed by atoms with Crippen molar-refractivity contribution < 1.29 is 12.8 Å². The van der Waals surface area contributed by atoms with Crippen molar-refractivity contribution in [2.75, 3.05) is 25.4 Å². The van der Waals surface area contributed by atoms with Crippen LogP contribution in [0.25, 0.3) is 16.7 Å². The number of nitrogens with one attached hydrogen (secondary N) is 2. The molecule has 8 N–H and O–H groups in total. The van der Waals surface area contributed by atoms with Crippen LogP contribution in [0.2, 0.25) is 0 Å². The number of fused-ring (bicyclic) bond motifs is 1. The number of aromatic nitrogens is 3. The summed E-state index contributed by atoms with van der Waals surface area (Å²) in [6.45, 7) is 14.3. The Bertz CT molecular complexity index is 1830. The summed E-state index contributed by atoms with van der Waals surface area (Å²) in [6.07, 6.45) is 2.71. The van der Waals surface area contributed by atoms with Gasteiger partial charge in [0.25, 0.3) is 0 Å². The van der Waals surface area contributed by atoms with Crippen molar-refractivity contribution in [3.05, 3.63) is 93.4 Å². The molecule has 256 valence electrons. The summed E-state index contributed by atoms with van der Waals surface area (Å²) >= 11 is 0. The number of aliphatic imine (C=N–C) groups is 1. The molecule has 4 rings (SSSR count). The first-order chi connectivity index (χ1) is 21.9. The summed E-state index contributed by atoms with van der Waals surface area (Å²) in [6, 6.07) is 14.4. The van der Waals surface area contributed by atoms with E-state index in [-0.39, 0.29) is 46.3 Å². The molecule has 0 unspecified atom stereocenters. The fourth-order valence-electron chi connectivity index (χ4n) is 4.75. The normalized spacial score (nSPS) is 12.1. The Labute approximate surface area is 276 Å². The predicted molar refractivity (Wildman–Crippen MR) is 189 cm³/mol. The molecule has 0 amide bonds. The molecule has 0 radical (unpaired) electrons. The van der Waals surface area contributed by atoms with Gasteiger partial charge in [-0.25, -0.2) is 17.6 Å². The molecule has 11 nitrogen and oxygen atoms in total. The van der Waals surface area contributed by atoms with Crippen molar-refractivity contribution in [2.24, 2.45) is 22.2 Å². The molecule has 0 bridgehead atoms. The number of sulfone groups is 1. The van der Waals surface area contributed by atoms with Gasteiger partial charge in [-0.05, 0) is 59.3 Å². The molecule has 0 aliphatic rings. The van der Waals surface area contributed by atoms with Gasteiger partial charge in [-0.3, -0.25) is 9.56 Å². The monoisotopic (exact) mass is 668 g/mol. The van der Waals surface area contributed by atoms with Crippen molar-refractivity contribution in [3.8, 4) is 5.69 Å². The lowest BCUT2D eigenvalue weighted by Crippen LogP contribution is -2.23. The molecule has 0 aliphatic carbocycles. The third kappa shape index (κ3) is 11.3. The van der Waals surface area contributed by atoms with Crippen LogP contribution in [0.3, 0.4) is 0 Å². The lowest BCUT2D eigenvalue weighted by Gasteiger charge is -2.20. The summed E-state index contributed by atoms with van der Waals surface area (Å²) in [5.74, 6) is -0.316. The number of H-pyrrole nitrogens is 1. The Balaban J connectivity index is 0.000000287. The number of hydrogen-bond acceptors (Lipinski definition) is 7. The maximum Gasteiger partial charge on any atom is 0.354 e. The van der Waals surface area contributed by atoms with E-state index in [0.29, 0.717) is 23.3 Å². The molecule has 0 fully saturated rings. The van der Waals surface area contributed by atoms with Gasteiger partial charge >= 0.3 is 5.69 Å². The lowest BCUT2D eigenvalue weighted by molar-refractivity contribution is 0.522. The highest BCUT2D eigenvalue weighted by molar-refractivity contribution is 7.90. The second kappa shape index (κ2) is 15.7. The summed E-state index contributed by atoms with van der Waals surface area (Å²) in [5, 5.41) is 4.27. The number of benzene rings is 2. The molecule has 2 heterocycles. The Kier molecular flexibility index (Phi) is 12.5. The Morgan fingerprint density at radius 3 is 2.26 bits per heavy atom. The number of guanidine groups is 1. The van der Waals surface area contributed by atoms with E-state index >= 15 is 0 Å². The molecule has 0 atom stereocenters. The van der Waals surface area contributed by atoms with E-state index in [9.17, 15) is 17.6 Å². The topological polar surface area (TPSA) is 187 Å². The highest BCUT2D eigenvalue weighted by atomic mass is 32.2. The molecule has 13 heteroatoms. The van der Waals surface area contributed by atoms with Gasteiger partial charge in [-0.1, -0.05) is 65.8 Å². The molecule has 0 aliphatic heterocycles. The largest absolute Gasteiger partial charge is 0.370 e. The van der Waals surface area contributed by atoms with E-state index in [1.165, 1.54) is 12.1 Å². The van der Waals surface area contributed by atoms with Gasteiger partial charge in [-0.2, -0.15) is 4.98 Å². The molecule has 0 saturated heterocycles. The number of hydrogen-bond donors (Lipinski definition) is 5. The summed E-state index contributed by atoms with van der Waals surface area (Å²) in [4.78, 5) is 23.9. The van der Waals surface area contributed by atoms with Gasteiger partial charge in [0, 0.05) is 42.3 Å². The number of aromatic amines is 1. The molecular weight excluding hydrogens is 619 g/mol. The molecule has 2 aromatic carbocycles. The zero-order valence-corrected chi connectivity index (χ0v) is 29.0. The van der Waals surface area contributed by atoms with E-state index in [4.69, 9.17) is 17.2 Å². The third-order valence-corrected chi connectivity index (χ3v) is 8.95. The summed E-state index contributed by atoms with van der Waals surface area (Å²) in [5.41, 5.74) is 19.9. The van der Waals surface area contributed by atoms with Crippen LogP contribution in [0.15, 0.2) is 64.5 Å². The van der Waals surface area contributed by atoms with Gasteiger partial charge < -0.3 is 27.5 Å². The number of halogens is 1. The molecule has 2 aromatic heterocycles. The van der Waals surface area contributed by atoms with E-state index in [1.54, 1.807) is 10.6 Å². The van der Waals surface area contributed by atoms with Crippen LogP contribution in [0.5, 0.6) is 0 Å². The quantitative estimate of drug-likeness (QED) is 0.0908. The maximum atomic E-state index is 13.7. The fourth-order valence-corrected chi connectivity index (χ4v) is 5.94. The van der Waals surface area contributed by atoms with Crippen LogP contribution in [0.1, 0.15) is 70.3 Å². The number of rotatable bonds is 11. The standard InChI is InChI=1S/C21H29N7O.C13H20FNO2S/c1-21(2,3)17-11-15-13-28(20(29)27-18(15)26-17)16-7-5-14(6-8-16)12-24-9-4-10-25-19(22)23;1-13(2,3)11-8-10(4-5-12(11)14)9-18(16,17)7-6-15/h5-8,11,13,24H,4,9-10,12H2,1-3H3,(H4,22,23,25)(H,26,27,29);4-5,8H,6-7,9,15H2,1-3H3. The lowest BCUT2D eigenvalue weighted by atomic mass is 9.86. The van der Waals surface area contributed by atoms with Crippen LogP contribution >= 0.6 is 0 Å². The average Bonchev–Trinajstić information content (AvgIpc) is 3.39. The van der Waals surface area contributed by atoms with E-state index in [0.717, 1.165) is 41.8 Å². The minimum absolute atomic E-state index is 0.0352. The zero-order valence-electron chi connectivity index (χ0n) is 28.2. The molecule has 4 aromatic rings. The van der Waals surface area contributed by atoms with Crippen LogP contribution in [0.4, 0.5) is 4.39 Å². The SMILES string of the molecule is CC(C)(C)c1cc(CS(=O)(=O)CCN)ccc1F.CC(C)(C)c1cc2cn(-c3ccc(CNCCCN=C(N)N)cc3)c(=O)nc2[nH]1. The van der Waals surface area contributed by atoms with Gasteiger partial charge in [0.1, 0.15) is 11.5 Å². The van der Waals surface area contributed by atoms with Gasteiger partial charge in [0.15, 0.2) is 15.8 Å². The van der Waals surface area contributed by atoms with E-state index < -0.39 is 9.84 Å². The highest BCUT2D eigenvalue weighted by Crippen LogP contribution is 2.27. The Morgan fingerprint density at radius 1 is 1.00 bits per heavy atom. The first-order valence-corrected chi connectivity index (χ1v) is 17.4. The predicted octanol–water partition coefficient (Wildman–Crippen LogP) is 3.76.